The summed E-state index contributed by atoms with van der Waals surface area (Å²) in [5.41, 5.74) is 0.247. The van der Waals surface area contributed by atoms with Gasteiger partial charge in [-0.05, 0) is 37.1 Å². The fraction of sp³-hybridized carbons (Fsp3) is 0.235. The first-order valence-corrected chi connectivity index (χ1v) is 8.53. The lowest BCUT2D eigenvalue weighted by molar-refractivity contribution is -0.384. The molecular formula is C17H15ClN4O5. The Hall–Kier alpha value is -3.20. The van der Waals surface area contributed by atoms with E-state index in [0.29, 0.717) is 5.69 Å². The van der Waals surface area contributed by atoms with Gasteiger partial charge in [0.2, 0.25) is 0 Å². The summed E-state index contributed by atoms with van der Waals surface area (Å²) in [7, 11) is 0. The van der Waals surface area contributed by atoms with Gasteiger partial charge in [-0.1, -0.05) is 11.6 Å². The Kier molecular flexibility index (Phi) is 5.22. The summed E-state index contributed by atoms with van der Waals surface area (Å²) in [6.07, 6.45) is 1.93. The third-order valence-electron chi connectivity index (χ3n) is 4.28. The molecule has 1 aliphatic heterocycles. The second-order valence-electron chi connectivity index (χ2n) is 6.03. The standard InChI is InChI=1S/C17H15ClN4O5/c18-13-5-4-12(10-15(13)21(24)25)19-17(23)11-3-6-14(16(9-11)22(26)27)20-7-1-2-8-20/h3-6,9-10H,1-2,7-8H2,(H,19,23). The molecule has 1 heterocycles. The second kappa shape index (κ2) is 7.58. The van der Waals surface area contributed by atoms with E-state index < -0.39 is 15.8 Å². The third kappa shape index (κ3) is 3.98. The van der Waals surface area contributed by atoms with Crippen molar-refractivity contribution in [2.45, 2.75) is 12.8 Å². The molecule has 0 radical (unpaired) electrons. The van der Waals surface area contributed by atoms with Crippen LogP contribution in [0.3, 0.4) is 0 Å². The molecule has 3 rings (SSSR count). The van der Waals surface area contributed by atoms with Crippen LogP contribution in [0.5, 0.6) is 0 Å². The molecule has 1 N–H and O–H groups in total. The first kappa shape index (κ1) is 18.6. The molecule has 27 heavy (non-hydrogen) atoms. The molecule has 0 spiro atoms. The molecule has 140 valence electrons. The maximum absolute atomic E-state index is 12.4. The Bertz CT molecular complexity index is 928. The number of nitro groups is 2. The van der Waals surface area contributed by atoms with E-state index in [9.17, 15) is 25.0 Å². The third-order valence-corrected chi connectivity index (χ3v) is 4.60. The summed E-state index contributed by atoms with van der Waals surface area (Å²) in [6, 6.07) is 8.12. The van der Waals surface area contributed by atoms with Crippen LogP contribution in [0.1, 0.15) is 23.2 Å². The zero-order valence-electron chi connectivity index (χ0n) is 14.1. The average Bonchev–Trinajstić information content (AvgIpc) is 3.17. The minimum Gasteiger partial charge on any atom is -0.366 e. The molecule has 0 atom stereocenters. The summed E-state index contributed by atoms with van der Waals surface area (Å²) in [4.78, 5) is 35.5. The van der Waals surface area contributed by atoms with Crippen molar-refractivity contribution in [3.8, 4) is 0 Å². The number of anilines is 2. The molecule has 0 saturated carbocycles. The van der Waals surface area contributed by atoms with E-state index in [1.807, 2.05) is 4.90 Å². The predicted molar refractivity (Wildman–Crippen MR) is 101 cm³/mol. The number of amides is 1. The van der Waals surface area contributed by atoms with Gasteiger partial charge >= 0.3 is 0 Å². The van der Waals surface area contributed by atoms with E-state index in [1.54, 1.807) is 6.07 Å². The van der Waals surface area contributed by atoms with Crippen molar-refractivity contribution >= 4 is 40.3 Å². The molecule has 2 aromatic carbocycles. The minimum absolute atomic E-state index is 0.0522. The van der Waals surface area contributed by atoms with Gasteiger partial charge in [-0.25, -0.2) is 0 Å². The molecule has 0 unspecified atom stereocenters. The summed E-state index contributed by atoms with van der Waals surface area (Å²) >= 11 is 5.75. The van der Waals surface area contributed by atoms with Gasteiger partial charge < -0.3 is 10.2 Å². The fourth-order valence-electron chi connectivity index (χ4n) is 2.97. The van der Waals surface area contributed by atoms with Crippen molar-refractivity contribution < 1.29 is 14.6 Å². The summed E-state index contributed by atoms with van der Waals surface area (Å²) in [5.74, 6) is -0.609. The maximum Gasteiger partial charge on any atom is 0.293 e. The Morgan fingerprint density at radius 3 is 2.30 bits per heavy atom. The average molecular weight is 391 g/mol. The zero-order valence-corrected chi connectivity index (χ0v) is 14.8. The summed E-state index contributed by atoms with van der Waals surface area (Å²) < 4.78 is 0. The van der Waals surface area contributed by atoms with E-state index in [2.05, 4.69) is 5.32 Å². The van der Waals surface area contributed by atoms with Gasteiger partial charge in [0.25, 0.3) is 17.3 Å². The number of hydrogen-bond donors (Lipinski definition) is 1. The van der Waals surface area contributed by atoms with Gasteiger partial charge in [-0.2, -0.15) is 0 Å². The molecule has 0 bridgehead atoms. The van der Waals surface area contributed by atoms with Crippen molar-refractivity contribution in [3.05, 3.63) is 67.2 Å². The number of carbonyl (C=O) groups excluding carboxylic acids is 1. The van der Waals surface area contributed by atoms with Crippen molar-refractivity contribution in [2.75, 3.05) is 23.3 Å². The van der Waals surface area contributed by atoms with Gasteiger partial charge in [-0.3, -0.25) is 25.0 Å². The highest BCUT2D eigenvalue weighted by molar-refractivity contribution is 6.32. The maximum atomic E-state index is 12.4. The number of nitrogens with one attached hydrogen (secondary N) is 1. The van der Waals surface area contributed by atoms with Crippen LogP contribution in [0.4, 0.5) is 22.7 Å². The van der Waals surface area contributed by atoms with Crippen LogP contribution < -0.4 is 10.2 Å². The van der Waals surface area contributed by atoms with Crippen molar-refractivity contribution in [2.24, 2.45) is 0 Å². The zero-order chi connectivity index (χ0) is 19.6. The number of benzene rings is 2. The summed E-state index contributed by atoms with van der Waals surface area (Å²) in [6.45, 7) is 1.47. The number of hydrogen-bond acceptors (Lipinski definition) is 6. The highest BCUT2D eigenvalue weighted by Gasteiger charge is 2.24. The molecule has 0 aromatic heterocycles. The van der Waals surface area contributed by atoms with Gasteiger partial charge in [-0.15, -0.1) is 0 Å². The largest absolute Gasteiger partial charge is 0.366 e. The van der Waals surface area contributed by atoms with Crippen molar-refractivity contribution in [1.29, 1.82) is 0 Å². The van der Waals surface area contributed by atoms with Gasteiger partial charge in [0, 0.05) is 36.5 Å². The predicted octanol–water partition coefficient (Wildman–Crippen LogP) is 4.01. The van der Waals surface area contributed by atoms with Crippen LogP contribution in [-0.2, 0) is 0 Å². The Labute approximate surface area is 158 Å². The van der Waals surface area contributed by atoms with Crippen LogP contribution in [0.25, 0.3) is 0 Å². The van der Waals surface area contributed by atoms with Gasteiger partial charge in [0.15, 0.2) is 0 Å². The van der Waals surface area contributed by atoms with E-state index in [4.69, 9.17) is 11.6 Å². The smallest absolute Gasteiger partial charge is 0.293 e. The van der Waals surface area contributed by atoms with Gasteiger partial charge in [0.05, 0.1) is 9.85 Å². The van der Waals surface area contributed by atoms with E-state index >= 15 is 0 Å². The topological polar surface area (TPSA) is 119 Å². The first-order valence-electron chi connectivity index (χ1n) is 8.15. The lowest BCUT2D eigenvalue weighted by Crippen LogP contribution is -2.19. The SMILES string of the molecule is O=C(Nc1ccc(Cl)c([N+](=O)[O-])c1)c1ccc(N2CCCC2)c([N+](=O)[O-])c1. The normalized spacial score (nSPS) is 13.4. The van der Waals surface area contributed by atoms with Crippen LogP contribution in [-0.4, -0.2) is 28.8 Å². The summed E-state index contributed by atoms with van der Waals surface area (Å²) in [5, 5.41) is 24.8. The van der Waals surface area contributed by atoms with E-state index in [-0.39, 0.29) is 27.6 Å². The lowest BCUT2D eigenvalue weighted by atomic mass is 10.1. The van der Waals surface area contributed by atoms with Gasteiger partial charge in [0.1, 0.15) is 10.7 Å². The number of carbonyl (C=O) groups is 1. The lowest BCUT2D eigenvalue weighted by Gasteiger charge is -2.17. The Morgan fingerprint density at radius 1 is 1.00 bits per heavy atom. The molecule has 10 heteroatoms. The highest BCUT2D eigenvalue weighted by Crippen LogP contribution is 2.32. The number of nitrogens with zero attached hydrogens (tertiary/aromatic N) is 3. The molecular weight excluding hydrogens is 376 g/mol. The number of rotatable bonds is 5. The number of nitro benzene ring substituents is 2. The van der Waals surface area contributed by atoms with Crippen molar-refractivity contribution in [3.63, 3.8) is 0 Å². The number of halogens is 1. The molecule has 9 nitrogen and oxygen atoms in total. The molecule has 1 saturated heterocycles. The monoisotopic (exact) mass is 390 g/mol. The minimum atomic E-state index is -0.659. The Morgan fingerprint density at radius 2 is 1.67 bits per heavy atom. The second-order valence-corrected chi connectivity index (χ2v) is 6.44. The molecule has 0 aliphatic carbocycles. The quantitative estimate of drug-likeness (QED) is 0.608. The van der Waals surface area contributed by atoms with Crippen LogP contribution >= 0.6 is 11.6 Å². The Balaban J connectivity index is 1.86. The van der Waals surface area contributed by atoms with Crippen LogP contribution in [0.15, 0.2) is 36.4 Å². The van der Waals surface area contributed by atoms with Crippen molar-refractivity contribution in [1.82, 2.24) is 0 Å². The molecule has 1 fully saturated rings. The van der Waals surface area contributed by atoms with Crippen LogP contribution in [0, 0.1) is 20.2 Å². The highest BCUT2D eigenvalue weighted by atomic mass is 35.5. The molecule has 1 amide bonds. The molecule has 1 aliphatic rings. The molecule has 2 aromatic rings. The fourth-order valence-corrected chi connectivity index (χ4v) is 3.16. The first-order chi connectivity index (χ1) is 12.9. The van der Waals surface area contributed by atoms with Crippen LogP contribution in [0.2, 0.25) is 5.02 Å². The van der Waals surface area contributed by atoms with E-state index in [1.165, 1.54) is 24.3 Å². The van der Waals surface area contributed by atoms with E-state index in [0.717, 1.165) is 32.0 Å².